The van der Waals surface area contributed by atoms with E-state index in [-0.39, 0.29) is 67.3 Å². The number of halogens is 12. The number of aromatic nitrogens is 3. The lowest BCUT2D eigenvalue weighted by molar-refractivity contribution is -0.925. The molecule has 2 N–H and O–H groups in total. The van der Waals surface area contributed by atoms with Crippen molar-refractivity contribution in [2.45, 2.75) is 197 Å². The van der Waals surface area contributed by atoms with E-state index in [1.807, 2.05) is 126 Å². The van der Waals surface area contributed by atoms with Crippen molar-refractivity contribution in [1.29, 1.82) is 0 Å². The van der Waals surface area contributed by atoms with Gasteiger partial charge in [-0.3, -0.25) is 37.0 Å². The van der Waals surface area contributed by atoms with Crippen LogP contribution in [0, 0.1) is 41.5 Å². The smallest absolute Gasteiger partial charge is 0.476 e. The Labute approximate surface area is 876 Å². The number of hydrogen-bond acceptors (Lipinski definition) is 20. The number of phosphoric ester groups is 3. The lowest BCUT2D eigenvalue weighted by atomic mass is 9.81. The molecule has 0 aliphatic carbocycles. The van der Waals surface area contributed by atoms with Gasteiger partial charge in [0.2, 0.25) is 17.7 Å². The van der Waals surface area contributed by atoms with E-state index in [1.165, 1.54) is 14.7 Å². The quantitative estimate of drug-likeness (QED) is 0.0220. The molecule has 1 atom stereocenters. The van der Waals surface area contributed by atoms with E-state index in [0.717, 1.165) is 118 Å². The van der Waals surface area contributed by atoms with Crippen LogP contribution in [-0.2, 0) is 90.0 Å². The van der Waals surface area contributed by atoms with E-state index in [2.05, 4.69) is 26.6 Å². The number of rotatable bonds is 26. The van der Waals surface area contributed by atoms with Crippen LogP contribution in [0.3, 0.4) is 0 Å². The summed E-state index contributed by atoms with van der Waals surface area (Å²) in [5.41, 5.74) is 3.62. The molecule has 9 aromatic rings. The topological polar surface area (TPSA) is 283 Å². The van der Waals surface area contributed by atoms with Crippen LogP contribution in [0.2, 0.25) is 0 Å². The van der Waals surface area contributed by atoms with Gasteiger partial charge in [0.1, 0.15) is 23.5 Å². The third kappa shape index (κ3) is 34.0. The molecule has 147 heavy (non-hydrogen) atoms. The average molecular weight is 2180 g/mol. The molecule has 0 radical (unpaired) electrons. The van der Waals surface area contributed by atoms with Crippen molar-refractivity contribution >= 4 is 99.7 Å². The van der Waals surface area contributed by atoms with Crippen molar-refractivity contribution in [2.75, 3.05) is 170 Å². The minimum Gasteiger partial charge on any atom is -1.00 e. The van der Waals surface area contributed by atoms with Crippen molar-refractivity contribution < 1.29 is 131 Å². The van der Waals surface area contributed by atoms with Crippen molar-refractivity contribution in [3.63, 3.8) is 0 Å². The summed E-state index contributed by atoms with van der Waals surface area (Å²) < 4.78 is 189. The number of likely N-dealkylation sites (N-methyl/N-ethyl adjacent to an activating group) is 6. The fraction of sp³-hybridized carbons (Fsp3) is 0.486. The third-order valence-corrected chi connectivity index (χ3v) is 29.3. The molecular formula is C105H141Cl3F9N12O15P3. The van der Waals surface area contributed by atoms with E-state index in [1.54, 1.807) is 183 Å². The molecule has 3 saturated heterocycles. The van der Waals surface area contributed by atoms with Crippen LogP contribution < -0.4 is 46.7 Å². The predicted molar refractivity (Wildman–Crippen MR) is 558 cm³/mol. The lowest BCUT2D eigenvalue weighted by Gasteiger charge is -2.43. The van der Waals surface area contributed by atoms with Crippen LogP contribution in [0.25, 0.3) is 33.4 Å². The van der Waals surface area contributed by atoms with Gasteiger partial charge in [-0.25, -0.2) is 28.6 Å². The molecule has 0 saturated carbocycles. The maximum atomic E-state index is 14.1. The number of benzene rings is 6. The highest BCUT2D eigenvalue weighted by atomic mass is 35.5. The molecule has 1 unspecified atom stereocenters. The number of carbonyl (C=O) groups excluding carboxylic acids is 3. The zero-order valence-corrected chi connectivity index (χ0v) is 93.7. The van der Waals surface area contributed by atoms with Crippen molar-refractivity contribution in [1.82, 2.24) is 19.9 Å². The molecule has 6 aromatic carbocycles. The predicted octanol–water partition coefficient (Wildman–Crippen LogP) is 19.9. The SMILES string of the molecule is CC(C)(C)OP(=O)(OCCl)OC(C)(C)C.Cc1cc(C(F)(F)F)cc(C(C)(C)C(=O)N(C)c2cnc(N3CCN(C)CC3)cc2-c2ccccc2C)c1.Cc1cc(C(F)(F)F)cc(C(C)(C)C(=O)N(C)c2cnc(N3CC[N+](C)(COP(=O)(O)O)CC3)cc2-c2ccccc2C)c1.Cc1cc(C(F)(F)F)cc(C(C)(C)C(=O)N(C)c2cnc(N3CC[N+](C)(COP(=O)([O-])OC(C)(C)C)CC3)cc2-c2ccccc2C)c1.Cl.[Cl-]. The first-order valence-electron chi connectivity index (χ1n) is 47.4. The van der Waals surface area contributed by atoms with Gasteiger partial charge in [0, 0.05) is 64.0 Å². The van der Waals surface area contributed by atoms with Gasteiger partial charge >= 0.3 is 34.2 Å². The van der Waals surface area contributed by atoms with Gasteiger partial charge in [0.25, 0.3) is 7.82 Å². The number of piperazine rings is 3. The van der Waals surface area contributed by atoms with Gasteiger partial charge in [0.05, 0.1) is 152 Å². The summed E-state index contributed by atoms with van der Waals surface area (Å²) in [4.78, 5) is 100.0. The van der Waals surface area contributed by atoms with Crippen molar-refractivity contribution in [3.8, 4) is 33.4 Å². The normalized spacial score (nSPS) is 15.6. The van der Waals surface area contributed by atoms with Gasteiger partial charge in [-0.1, -0.05) is 119 Å². The van der Waals surface area contributed by atoms with Crippen molar-refractivity contribution in [3.05, 3.63) is 231 Å². The minimum atomic E-state index is -4.58. The van der Waals surface area contributed by atoms with Crippen LogP contribution in [0.4, 0.5) is 74.0 Å². The molecule has 27 nitrogen and oxygen atoms in total. The minimum absolute atomic E-state index is 0. The molecule has 3 aliphatic heterocycles. The molecule has 0 bridgehead atoms. The number of aryl methyl sites for hydroxylation is 6. The van der Waals surface area contributed by atoms with Crippen LogP contribution in [-0.4, -0.2) is 213 Å². The second-order valence-electron chi connectivity index (χ2n) is 42.5. The number of amides is 3. The third-order valence-electron chi connectivity index (χ3n) is 25.4. The summed E-state index contributed by atoms with van der Waals surface area (Å²) in [7, 11) is -1.88. The Hall–Kier alpha value is -8.97. The lowest BCUT2D eigenvalue weighted by Crippen LogP contribution is -3.00. The Balaban J connectivity index is 0.000000278. The number of alkyl halides is 10. The second kappa shape index (κ2) is 48.8. The molecule has 810 valence electrons. The number of pyridine rings is 3. The summed E-state index contributed by atoms with van der Waals surface area (Å²) in [6, 6.07) is 40.3. The molecule has 6 heterocycles. The first-order chi connectivity index (χ1) is 66.6. The molecule has 3 fully saturated rings. The van der Waals surface area contributed by atoms with E-state index < -0.39 is 97.6 Å². The van der Waals surface area contributed by atoms with Crippen LogP contribution >= 0.6 is 47.5 Å². The molecule has 3 amide bonds. The second-order valence-corrected chi connectivity index (χ2v) is 46.8. The van der Waals surface area contributed by atoms with E-state index in [4.69, 9.17) is 63.5 Å². The number of hydrogen-bond donors (Lipinski definition) is 2. The Morgan fingerprint density at radius 3 is 0.912 bits per heavy atom. The van der Waals surface area contributed by atoms with Gasteiger partial charge in [0.15, 0.2) is 13.5 Å². The van der Waals surface area contributed by atoms with Gasteiger partial charge < -0.3 is 74.9 Å². The highest BCUT2D eigenvalue weighted by Crippen LogP contribution is 2.56. The standard InChI is InChI=1S/C35H46F3N4O5P.C31H38F3N4O5P.C30H35F3N4O.C9H20ClO4P.2ClH/c1-24-18-26(20-27(19-24)35(36,37)38)34(6,7)32(43)40(8)30-22-39-31(21-29(30)28-13-11-10-12-25(28)2)41-14-16-42(9,17-15-41)23-46-48(44,45)47-33(3,4)5;1-21-15-23(17-24(16-21)31(32,33)34)30(3,4)29(39)36(5)27-19-35-28(18-26(27)25-10-8-7-9-22(25)2)37-11-13-38(6,14-12-37)20-43-44(40,41)42;1-20-15-22(17-23(16-20)30(31,32)33)29(3,4)28(38)36(6)26-19-34-27(37-13-11-35(5)12-14-37)18-25(26)24-10-8-7-9-21(24)2;1-8(2,3)13-15(11,12-7-10)14-9(4,5)6;;/h10-13,18-22H,14-17,23H2,1-9H3;7-10,15-19H,11-14,20H2,1-6H3,(H-,40,41,42);7-10,15-19H,11-14H2,1-6H3;7H2,1-6H3;2*1H. The maximum Gasteiger partial charge on any atom is 0.476 e. The zero-order valence-electron chi connectivity index (χ0n) is 88.7. The molecule has 12 rings (SSSR count). The summed E-state index contributed by atoms with van der Waals surface area (Å²) >= 11 is 5.39. The fourth-order valence-corrected chi connectivity index (χ4v) is 20.6. The molecule has 42 heteroatoms. The van der Waals surface area contributed by atoms with E-state index in [9.17, 15) is 72.5 Å². The summed E-state index contributed by atoms with van der Waals surface area (Å²) in [6.45, 7) is 44.0. The average Bonchev–Trinajstić information content (AvgIpc) is 0.768. The molecule has 3 aliphatic rings. The Morgan fingerprint density at radius 1 is 0.401 bits per heavy atom. The number of nitrogens with zero attached hydrogens (tertiary/aromatic N) is 12. The summed E-state index contributed by atoms with van der Waals surface area (Å²) in [6.07, 6.45) is -8.62. The molecule has 3 aromatic heterocycles. The largest absolute Gasteiger partial charge is 1.00 e. The van der Waals surface area contributed by atoms with Crippen molar-refractivity contribution in [2.24, 2.45) is 0 Å². The zero-order chi connectivity index (χ0) is 109. The maximum absolute atomic E-state index is 14.1. The Morgan fingerprint density at radius 2 is 0.660 bits per heavy atom. The number of carbonyl (C=O) groups is 3. The van der Waals surface area contributed by atoms with Crippen LogP contribution in [0.15, 0.2) is 164 Å². The van der Waals surface area contributed by atoms with Gasteiger partial charge in [-0.2, -0.15) is 39.5 Å². The molecular weight excluding hydrogens is 2040 g/mol. The molecule has 0 spiro atoms. The number of anilines is 6. The Kier molecular flexibility index (Phi) is 41.4. The van der Waals surface area contributed by atoms with Crippen LogP contribution in [0.1, 0.15) is 171 Å². The first kappa shape index (κ1) is 125. The van der Waals surface area contributed by atoms with E-state index in [0.29, 0.717) is 112 Å². The fourth-order valence-electron chi connectivity index (χ4n) is 17.0. The van der Waals surface area contributed by atoms with E-state index >= 15 is 0 Å². The number of phosphoric acid groups is 3. The monoisotopic (exact) mass is 2180 g/mol. The summed E-state index contributed by atoms with van der Waals surface area (Å²) in [5, 5.41) is 0. The Bertz CT molecular complexity index is 6210. The highest BCUT2D eigenvalue weighted by Gasteiger charge is 2.45. The number of quaternary nitrogens is 2. The van der Waals surface area contributed by atoms with Crippen LogP contribution in [0.5, 0.6) is 0 Å². The highest BCUT2D eigenvalue weighted by molar-refractivity contribution is 7.48. The first-order valence-corrected chi connectivity index (χ1v) is 52.4. The van der Waals surface area contributed by atoms with Gasteiger partial charge in [-0.15, -0.1) is 12.4 Å². The van der Waals surface area contributed by atoms with Gasteiger partial charge in [-0.05, 0) is 257 Å². The summed E-state index contributed by atoms with van der Waals surface area (Å²) in [5.74, 6) is 1.10.